The molecule has 1 aliphatic heterocycles. The van der Waals surface area contributed by atoms with Gasteiger partial charge in [0.25, 0.3) is 6.43 Å². The van der Waals surface area contributed by atoms with Crippen molar-refractivity contribution in [3.8, 4) is 0 Å². The summed E-state index contributed by atoms with van der Waals surface area (Å²) in [6, 6.07) is 0. The van der Waals surface area contributed by atoms with Crippen molar-refractivity contribution in [2.24, 2.45) is 0 Å². The molecule has 0 spiro atoms. The molecule has 1 saturated heterocycles. The van der Waals surface area contributed by atoms with Crippen LogP contribution in [0.4, 0.5) is 8.78 Å². The molecule has 0 radical (unpaired) electrons. The second-order valence-corrected chi connectivity index (χ2v) is 2.37. The van der Waals surface area contributed by atoms with Gasteiger partial charge in [0.15, 0.2) is 0 Å². The lowest BCUT2D eigenvalue weighted by molar-refractivity contribution is -0.202. The van der Waals surface area contributed by atoms with Gasteiger partial charge >= 0.3 is 0 Å². The fourth-order valence-electron chi connectivity index (χ4n) is 0.882. The molecule has 1 fully saturated rings. The number of halogens is 2. The standard InChI is InChI=1S/C6H10F2O2/c1-4-2-5(6(7)8)10-3-9-4/h4-6H,2-3H2,1H3/t4-,5-/m0/s1. The molecule has 0 aromatic rings. The molecular weight excluding hydrogens is 142 g/mol. The van der Waals surface area contributed by atoms with Gasteiger partial charge in [0, 0.05) is 6.42 Å². The van der Waals surface area contributed by atoms with Gasteiger partial charge in [-0.1, -0.05) is 0 Å². The first kappa shape index (κ1) is 7.88. The molecular formula is C6H10F2O2. The summed E-state index contributed by atoms with van der Waals surface area (Å²) in [5.74, 6) is 0. The van der Waals surface area contributed by atoms with Gasteiger partial charge in [0.1, 0.15) is 12.9 Å². The average Bonchev–Trinajstić information content (AvgIpc) is 1.88. The van der Waals surface area contributed by atoms with Crippen LogP contribution in [0.5, 0.6) is 0 Å². The SMILES string of the molecule is C[C@H]1C[C@@H](C(F)F)OCO1. The molecule has 60 valence electrons. The van der Waals surface area contributed by atoms with E-state index < -0.39 is 12.5 Å². The Morgan fingerprint density at radius 2 is 2.10 bits per heavy atom. The maximum atomic E-state index is 11.9. The minimum Gasteiger partial charge on any atom is -0.352 e. The van der Waals surface area contributed by atoms with Gasteiger partial charge in [-0.3, -0.25) is 0 Å². The molecule has 1 heterocycles. The molecule has 4 heteroatoms. The predicted octanol–water partition coefficient (Wildman–Crippen LogP) is 1.40. The number of hydrogen-bond donors (Lipinski definition) is 0. The van der Waals surface area contributed by atoms with Gasteiger partial charge in [0.05, 0.1) is 6.10 Å². The topological polar surface area (TPSA) is 18.5 Å². The quantitative estimate of drug-likeness (QED) is 0.565. The summed E-state index contributed by atoms with van der Waals surface area (Å²) in [6.45, 7) is 1.76. The minimum atomic E-state index is -2.38. The Bertz CT molecular complexity index is 108. The molecule has 0 aromatic carbocycles. The summed E-state index contributed by atoms with van der Waals surface area (Å²) >= 11 is 0. The largest absolute Gasteiger partial charge is 0.352 e. The van der Waals surface area contributed by atoms with Crippen molar-refractivity contribution in [2.45, 2.75) is 32.0 Å². The summed E-state index contributed by atoms with van der Waals surface area (Å²) in [5, 5.41) is 0. The van der Waals surface area contributed by atoms with Gasteiger partial charge < -0.3 is 9.47 Å². The maximum Gasteiger partial charge on any atom is 0.264 e. The molecule has 0 N–H and O–H groups in total. The van der Waals surface area contributed by atoms with Crippen molar-refractivity contribution >= 4 is 0 Å². The van der Waals surface area contributed by atoms with E-state index in [0.29, 0.717) is 0 Å². The van der Waals surface area contributed by atoms with Gasteiger partial charge in [-0.2, -0.15) is 0 Å². The highest BCUT2D eigenvalue weighted by molar-refractivity contribution is 4.67. The Hall–Kier alpha value is -0.220. The molecule has 1 aliphatic rings. The molecule has 2 nitrogen and oxygen atoms in total. The molecule has 0 unspecified atom stereocenters. The molecule has 2 atom stereocenters. The monoisotopic (exact) mass is 152 g/mol. The third kappa shape index (κ3) is 1.88. The minimum absolute atomic E-state index is 0.00380. The van der Waals surface area contributed by atoms with Crippen LogP contribution in [0.1, 0.15) is 13.3 Å². The van der Waals surface area contributed by atoms with E-state index in [0.717, 1.165) is 0 Å². The Morgan fingerprint density at radius 1 is 1.40 bits per heavy atom. The van der Waals surface area contributed by atoms with Crippen molar-refractivity contribution in [1.29, 1.82) is 0 Å². The van der Waals surface area contributed by atoms with E-state index in [1.807, 2.05) is 0 Å². The highest BCUT2D eigenvalue weighted by Gasteiger charge is 2.27. The van der Waals surface area contributed by atoms with E-state index in [4.69, 9.17) is 4.74 Å². The van der Waals surface area contributed by atoms with Crippen LogP contribution in [-0.4, -0.2) is 25.4 Å². The molecule has 0 saturated carbocycles. The zero-order valence-electron chi connectivity index (χ0n) is 5.72. The van der Waals surface area contributed by atoms with Crippen LogP contribution < -0.4 is 0 Å². The van der Waals surface area contributed by atoms with E-state index >= 15 is 0 Å². The van der Waals surface area contributed by atoms with Gasteiger partial charge in [-0.05, 0) is 6.92 Å². The predicted molar refractivity (Wildman–Crippen MR) is 30.9 cm³/mol. The van der Waals surface area contributed by atoms with Crippen LogP contribution in [0.15, 0.2) is 0 Å². The molecule has 0 aliphatic carbocycles. The lowest BCUT2D eigenvalue weighted by Crippen LogP contribution is -2.34. The summed E-state index contributed by atoms with van der Waals surface area (Å²) < 4.78 is 33.4. The summed E-state index contributed by atoms with van der Waals surface area (Å²) in [4.78, 5) is 0. The molecule has 1 rings (SSSR count). The Kier molecular flexibility index (Phi) is 2.56. The fraction of sp³-hybridized carbons (Fsp3) is 1.00. The molecule has 0 bridgehead atoms. The normalized spacial score (nSPS) is 34.8. The van der Waals surface area contributed by atoms with Gasteiger partial charge in [-0.25, -0.2) is 8.78 Å². The van der Waals surface area contributed by atoms with Crippen LogP contribution in [0.25, 0.3) is 0 Å². The Balaban J connectivity index is 2.32. The molecule has 0 aromatic heterocycles. The van der Waals surface area contributed by atoms with E-state index in [1.165, 1.54) is 0 Å². The zero-order chi connectivity index (χ0) is 7.56. The third-order valence-electron chi connectivity index (χ3n) is 1.48. The van der Waals surface area contributed by atoms with Crippen LogP contribution in [0, 0.1) is 0 Å². The van der Waals surface area contributed by atoms with Crippen LogP contribution >= 0.6 is 0 Å². The van der Waals surface area contributed by atoms with Crippen LogP contribution in [0.2, 0.25) is 0 Å². The van der Waals surface area contributed by atoms with E-state index in [1.54, 1.807) is 6.92 Å². The average molecular weight is 152 g/mol. The maximum absolute atomic E-state index is 11.9. The number of rotatable bonds is 1. The fourth-order valence-corrected chi connectivity index (χ4v) is 0.882. The lowest BCUT2D eigenvalue weighted by Gasteiger charge is -2.26. The second-order valence-electron chi connectivity index (χ2n) is 2.37. The first-order valence-corrected chi connectivity index (χ1v) is 3.21. The van der Waals surface area contributed by atoms with E-state index in [9.17, 15) is 8.78 Å². The van der Waals surface area contributed by atoms with Crippen molar-refractivity contribution in [2.75, 3.05) is 6.79 Å². The van der Waals surface area contributed by atoms with Crippen molar-refractivity contribution in [3.05, 3.63) is 0 Å². The van der Waals surface area contributed by atoms with Crippen molar-refractivity contribution in [1.82, 2.24) is 0 Å². The van der Waals surface area contributed by atoms with Crippen LogP contribution in [0.3, 0.4) is 0 Å². The summed E-state index contributed by atoms with van der Waals surface area (Å²) in [7, 11) is 0. The number of alkyl halides is 2. The molecule has 10 heavy (non-hydrogen) atoms. The van der Waals surface area contributed by atoms with E-state index in [2.05, 4.69) is 4.74 Å². The van der Waals surface area contributed by atoms with E-state index in [-0.39, 0.29) is 19.3 Å². The first-order valence-electron chi connectivity index (χ1n) is 3.21. The van der Waals surface area contributed by atoms with Crippen LogP contribution in [-0.2, 0) is 9.47 Å². The highest BCUT2D eigenvalue weighted by atomic mass is 19.3. The lowest BCUT2D eigenvalue weighted by atomic mass is 10.2. The first-order chi connectivity index (χ1) is 4.70. The van der Waals surface area contributed by atoms with Gasteiger partial charge in [-0.15, -0.1) is 0 Å². The summed E-state index contributed by atoms with van der Waals surface area (Å²) in [6.07, 6.45) is -3.12. The van der Waals surface area contributed by atoms with Crippen molar-refractivity contribution < 1.29 is 18.3 Å². The third-order valence-corrected chi connectivity index (χ3v) is 1.48. The molecule has 0 amide bonds. The Morgan fingerprint density at radius 3 is 2.50 bits per heavy atom. The Labute approximate surface area is 58.1 Å². The second kappa shape index (κ2) is 3.25. The van der Waals surface area contributed by atoms with Crippen molar-refractivity contribution in [3.63, 3.8) is 0 Å². The van der Waals surface area contributed by atoms with Gasteiger partial charge in [0.2, 0.25) is 0 Å². The number of hydrogen-bond acceptors (Lipinski definition) is 2. The highest BCUT2D eigenvalue weighted by Crippen LogP contribution is 2.18. The summed E-state index contributed by atoms with van der Waals surface area (Å²) in [5.41, 5.74) is 0. The smallest absolute Gasteiger partial charge is 0.264 e. The zero-order valence-corrected chi connectivity index (χ0v) is 5.72. The number of ether oxygens (including phenoxy) is 2.